The quantitative estimate of drug-likeness (QED) is 0.821. The highest BCUT2D eigenvalue weighted by atomic mass is 79.9. The lowest BCUT2D eigenvalue weighted by atomic mass is 10.1. The smallest absolute Gasteiger partial charge is 0.255 e. The van der Waals surface area contributed by atoms with Crippen molar-refractivity contribution >= 4 is 34.5 Å². The van der Waals surface area contributed by atoms with Crippen molar-refractivity contribution in [1.82, 2.24) is 4.90 Å². The lowest BCUT2D eigenvalue weighted by Gasteiger charge is -2.18. The van der Waals surface area contributed by atoms with E-state index in [1.807, 2.05) is 0 Å². The van der Waals surface area contributed by atoms with Crippen molar-refractivity contribution in [2.45, 2.75) is 11.4 Å². The summed E-state index contributed by atoms with van der Waals surface area (Å²) in [6, 6.07) is 11.7. The van der Waals surface area contributed by atoms with E-state index in [1.54, 1.807) is 43.4 Å². The first-order valence-electron chi connectivity index (χ1n) is 5.96. The number of nitrogens with zero attached hydrogens (tertiary/aromatic N) is 1. The summed E-state index contributed by atoms with van der Waals surface area (Å²) in [6.45, 7) is 0.217. The molecule has 2 rings (SSSR count). The van der Waals surface area contributed by atoms with Crippen LogP contribution in [0.1, 0.15) is 15.9 Å². The van der Waals surface area contributed by atoms with Crippen LogP contribution in [-0.2, 0) is 6.54 Å². The van der Waals surface area contributed by atoms with Gasteiger partial charge in [0, 0.05) is 28.5 Å². The normalized spacial score (nSPS) is 10.4. The molecule has 0 atom stereocenters. The lowest BCUT2D eigenvalue weighted by molar-refractivity contribution is 0.0782. The molecular formula is C15H13BrFNOS. The minimum Gasteiger partial charge on any atom is -0.337 e. The zero-order valence-electron chi connectivity index (χ0n) is 10.8. The highest BCUT2D eigenvalue weighted by Gasteiger charge is 2.16. The van der Waals surface area contributed by atoms with E-state index in [1.165, 1.54) is 11.0 Å². The Morgan fingerprint density at radius 3 is 2.70 bits per heavy atom. The fourth-order valence-electron chi connectivity index (χ4n) is 1.84. The van der Waals surface area contributed by atoms with Crippen LogP contribution in [0.15, 0.2) is 51.8 Å². The van der Waals surface area contributed by atoms with Gasteiger partial charge in [-0.1, -0.05) is 18.2 Å². The van der Waals surface area contributed by atoms with E-state index in [2.05, 4.69) is 28.6 Å². The van der Waals surface area contributed by atoms with Gasteiger partial charge in [0.25, 0.3) is 5.91 Å². The number of thiol groups is 1. The second kappa shape index (κ2) is 6.41. The maximum absolute atomic E-state index is 13.6. The number of halogens is 2. The number of rotatable bonds is 3. The van der Waals surface area contributed by atoms with E-state index >= 15 is 0 Å². The van der Waals surface area contributed by atoms with E-state index in [0.29, 0.717) is 20.5 Å². The molecule has 0 fully saturated rings. The van der Waals surface area contributed by atoms with Gasteiger partial charge in [0.2, 0.25) is 0 Å². The van der Waals surface area contributed by atoms with Crippen molar-refractivity contribution in [3.63, 3.8) is 0 Å². The van der Waals surface area contributed by atoms with Crippen LogP contribution in [0, 0.1) is 5.82 Å². The van der Waals surface area contributed by atoms with Gasteiger partial charge in [-0.25, -0.2) is 4.39 Å². The molecule has 20 heavy (non-hydrogen) atoms. The average Bonchev–Trinajstić information content (AvgIpc) is 2.43. The predicted molar refractivity (Wildman–Crippen MR) is 83.6 cm³/mol. The molecule has 0 saturated heterocycles. The van der Waals surface area contributed by atoms with Crippen LogP contribution in [0.3, 0.4) is 0 Å². The number of hydrogen-bond acceptors (Lipinski definition) is 2. The van der Waals surface area contributed by atoms with Gasteiger partial charge in [0.15, 0.2) is 0 Å². The highest BCUT2D eigenvalue weighted by molar-refractivity contribution is 9.10. The fourth-order valence-corrected chi connectivity index (χ4v) is 2.46. The molecular weight excluding hydrogens is 341 g/mol. The summed E-state index contributed by atoms with van der Waals surface area (Å²) in [5.74, 6) is -0.495. The Hall–Kier alpha value is -1.33. The van der Waals surface area contributed by atoms with Gasteiger partial charge in [-0.2, -0.15) is 0 Å². The molecule has 0 aromatic heterocycles. The van der Waals surface area contributed by atoms with Crippen LogP contribution in [0.5, 0.6) is 0 Å². The van der Waals surface area contributed by atoms with Crippen LogP contribution in [0.4, 0.5) is 4.39 Å². The molecule has 2 aromatic rings. The molecule has 5 heteroatoms. The third kappa shape index (κ3) is 3.41. The van der Waals surface area contributed by atoms with E-state index in [4.69, 9.17) is 0 Å². The third-order valence-corrected chi connectivity index (χ3v) is 3.86. The lowest BCUT2D eigenvalue weighted by Crippen LogP contribution is -2.27. The number of hydrogen-bond donors (Lipinski definition) is 1. The summed E-state index contributed by atoms with van der Waals surface area (Å²) < 4.78 is 14.3. The minimum absolute atomic E-state index is 0.184. The molecule has 0 saturated carbocycles. The van der Waals surface area contributed by atoms with Crippen molar-refractivity contribution < 1.29 is 9.18 Å². The Kier molecular flexibility index (Phi) is 4.83. The van der Waals surface area contributed by atoms with Gasteiger partial charge in [0.05, 0.1) is 5.56 Å². The maximum atomic E-state index is 13.6. The van der Waals surface area contributed by atoms with Gasteiger partial charge < -0.3 is 4.90 Å². The Labute approximate surface area is 131 Å². The molecule has 1 amide bonds. The zero-order chi connectivity index (χ0) is 14.7. The summed E-state index contributed by atoms with van der Waals surface area (Å²) in [6.07, 6.45) is 0. The highest BCUT2D eigenvalue weighted by Crippen LogP contribution is 2.22. The van der Waals surface area contributed by atoms with Crippen molar-refractivity contribution in [2.75, 3.05) is 7.05 Å². The van der Waals surface area contributed by atoms with E-state index in [9.17, 15) is 9.18 Å². The second-order valence-corrected chi connectivity index (χ2v) is 5.79. The van der Waals surface area contributed by atoms with Crippen molar-refractivity contribution in [3.8, 4) is 0 Å². The molecule has 0 radical (unpaired) electrons. The average molecular weight is 354 g/mol. The molecule has 2 aromatic carbocycles. The van der Waals surface area contributed by atoms with Gasteiger partial charge >= 0.3 is 0 Å². The largest absolute Gasteiger partial charge is 0.337 e. The van der Waals surface area contributed by atoms with Gasteiger partial charge in [-0.3, -0.25) is 4.79 Å². The number of amides is 1. The Morgan fingerprint density at radius 2 is 2.00 bits per heavy atom. The zero-order valence-corrected chi connectivity index (χ0v) is 13.3. The van der Waals surface area contributed by atoms with E-state index < -0.39 is 0 Å². The third-order valence-electron chi connectivity index (χ3n) is 2.89. The minimum atomic E-state index is -0.311. The first kappa shape index (κ1) is 15.1. The summed E-state index contributed by atoms with van der Waals surface area (Å²) in [5.41, 5.74) is 0.998. The molecule has 0 bridgehead atoms. The first-order chi connectivity index (χ1) is 9.49. The Balaban J connectivity index is 2.21. The summed E-state index contributed by atoms with van der Waals surface area (Å²) >= 11 is 7.57. The summed E-state index contributed by atoms with van der Waals surface area (Å²) in [7, 11) is 1.65. The topological polar surface area (TPSA) is 20.3 Å². The van der Waals surface area contributed by atoms with Crippen LogP contribution in [0.25, 0.3) is 0 Å². The predicted octanol–water partition coefficient (Wildman–Crippen LogP) is 4.15. The van der Waals surface area contributed by atoms with Crippen LogP contribution in [-0.4, -0.2) is 17.9 Å². The molecule has 0 N–H and O–H groups in total. The van der Waals surface area contributed by atoms with E-state index in [0.717, 1.165) is 0 Å². The molecule has 0 aliphatic rings. The number of carbonyl (C=O) groups is 1. The van der Waals surface area contributed by atoms with Gasteiger partial charge in [-0.05, 0) is 40.2 Å². The van der Waals surface area contributed by atoms with Crippen molar-refractivity contribution in [3.05, 3.63) is 63.9 Å². The summed E-state index contributed by atoms with van der Waals surface area (Å²) in [5, 5.41) is 0. The Bertz CT molecular complexity index is 648. The van der Waals surface area contributed by atoms with Gasteiger partial charge in [-0.15, -0.1) is 12.6 Å². The van der Waals surface area contributed by atoms with E-state index in [-0.39, 0.29) is 18.3 Å². The van der Waals surface area contributed by atoms with Crippen molar-refractivity contribution in [2.24, 2.45) is 0 Å². The molecule has 0 spiro atoms. The molecule has 0 aliphatic heterocycles. The maximum Gasteiger partial charge on any atom is 0.255 e. The monoisotopic (exact) mass is 353 g/mol. The van der Waals surface area contributed by atoms with Crippen LogP contribution < -0.4 is 0 Å². The SMILES string of the molecule is CN(Cc1ccccc1F)C(=O)c1cc(S)ccc1Br. The molecule has 0 heterocycles. The summed E-state index contributed by atoms with van der Waals surface area (Å²) in [4.78, 5) is 14.6. The second-order valence-electron chi connectivity index (χ2n) is 4.42. The number of carbonyl (C=O) groups excluding carboxylic acids is 1. The standard InChI is InChI=1S/C15H13BrFNOS/c1-18(9-10-4-2-3-5-14(10)17)15(19)12-8-11(20)6-7-13(12)16/h2-8,20H,9H2,1H3. The van der Waals surface area contributed by atoms with Crippen molar-refractivity contribution in [1.29, 1.82) is 0 Å². The first-order valence-corrected chi connectivity index (χ1v) is 7.20. The molecule has 2 nitrogen and oxygen atoms in total. The molecule has 0 unspecified atom stereocenters. The molecule has 104 valence electrons. The van der Waals surface area contributed by atoms with Crippen LogP contribution >= 0.6 is 28.6 Å². The number of benzene rings is 2. The fraction of sp³-hybridized carbons (Fsp3) is 0.133. The van der Waals surface area contributed by atoms with Gasteiger partial charge in [0.1, 0.15) is 5.82 Å². The Morgan fingerprint density at radius 1 is 1.30 bits per heavy atom. The van der Waals surface area contributed by atoms with Crippen LogP contribution in [0.2, 0.25) is 0 Å². The molecule has 0 aliphatic carbocycles.